The Morgan fingerprint density at radius 1 is 1.12 bits per heavy atom. The molecule has 1 aliphatic carbocycles. The van der Waals surface area contributed by atoms with Crippen LogP contribution in [0.3, 0.4) is 0 Å². The van der Waals surface area contributed by atoms with Crippen LogP contribution < -0.4 is 4.74 Å². The first-order valence-electron chi connectivity index (χ1n) is 11.1. The van der Waals surface area contributed by atoms with Gasteiger partial charge in [0, 0.05) is 22.5 Å². The van der Waals surface area contributed by atoms with Crippen molar-refractivity contribution in [1.29, 1.82) is 0 Å². The maximum absolute atomic E-state index is 13.3. The summed E-state index contributed by atoms with van der Waals surface area (Å²) in [5, 5.41) is 8.40. The maximum Gasteiger partial charge on any atom is 0.226 e. The number of hydrogen-bond acceptors (Lipinski definition) is 3. The van der Waals surface area contributed by atoms with Crippen LogP contribution in [0.15, 0.2) is 48.7 Å². The van der Waals surface area contributed by atoms with Crippen LogP contribution >= 0.6 is 23.2 Å². The van der Waals surface area contributed by atoms with E-state index in [0.717, 1.165) is 49.0 Å². The van der Waals surface area contributed by atoms with E-state index >= 15 is 0 Å². The third-order valence-electron chi connectivity index (χ3n) is 6.55. The summed E-state index contributed by atoms with van der Waals surface area (Å²) in [6, 6.07) is 13.6. The summed E-state index contributed by atoms with van der Waals surface area (Å²) in [4.78, 5) is 15.3. The van der Waals surface area contributed by atoms with Crippen molar-refractivity contribution in [2.45, 2.75) is 44.8 Å². The zero-order valence-corrected chi connectivity index (χ0v) is 19.2. The van der Waals surface area contributed by atoms with E-state index in [9.17, 15) is 4.79 Å². The average molecular weight is 470 g/mol. The van der Waals surface area contributed by atoms with Gasteiger partial charge in [-0.2, -0.15) is 5.10 Å². The maximum atomic E-state index is 13.3. The SMILES string of the molecule is O=C1C(Cc2c(Cl)cc(OCc3ccccc3)cc2Cl)CCN1C1CCCc2cn[nH]c21. The minimum absolute atomic E-state index is 0.0958. The number of H-pyrrole nitrogens is 1. The van der Waals surface area contributed by atoms with E-state index in [4.69, 9.17) is 27.9 Å². The Balaban J connectivity index is 1.27. The zero-order chi connectivity index (χ0) is 22.1. The van der Waals surface area contributed by atoms with E-state index in [1.54, 1.807) is 12.1 Å². The van der Waals surface area contributed by atoms with Gasteiger partial charge in [0.05, 0.1) is 17.9 Å². The number of carbonyl (C=O) groups is 1. The minimum Gasteiger partial charge on any atom is -0.489 e. The topological polar surface area (TPSA) is 58.2 Å². The van der Waals surface area contributed by atoms with Crippen molar-refractivity contribution in [3.8, 4) is 5.75 Å². The molecule has 2 atom stereocenters. The van der Waals surface area contributed by atoms with Crippen LogP contribution in [0.25, 0.3) is 0 Å². The highest BCUT2D eigenvalue weighted by molar-refractivity contribution is 6.36. The molecular weight excluding hydrogens is 445 g/mol. The van der Waals surface area contributed by atoms with Crippen LogP contribution in [0.2, 0.25) is 10.0 Å². The molecule has 1 fully saturated rings. The van der Waals surface area contributed by atoms with Crippen LogP contribution in [0.1, 0.15) is 47.7 Å². The lowest BCUT2D eigenvalue weighted by Crippen LogP contribution is -2.34. The van der Waals surface area contributed by atoms with Crippen LogP contribution in [-0.4, -0.2) is 27.5 Å². The van der Waals surface area contributed by atoms with Crippen molar-refractivity contribution in [2.24, 2.45) is 5.92 Å². The molecule has 2 heterocycles. The first-order valence-corrected chi connectivity index (χ1v) is 11.8. The molecule has 7 heteroatoms. The number of aromatic nitrogens is 2. The van der Waals surface area contributed by atoms with Crippen LogP contribution in [0, 0.1) is 5.92 Å². The first kappa shape index (κ1) is 21.4. The summed E-state index contributed by atoms with van der Waals surface area (Å²) >= 11 is 13.2. The van der Waals surface area contributed by atoms with E-state index in [1.807, 2.05) is 41.4 Å². The quantitative estimate of drug-likeness (QED) is 0.498. The van der Waals surface area contributed by atoms with E-state index in [-0.39, 0.29) is 17.9 Å². The molecule has 5 nitrogen and oxygen atoms in total. The molecule has 1 amide bonds. The predicted molar refractivity (Wildman–Crippen MR) is 125 cm³/mol. The van der Waals surface area contributed by atoms with Gasteiger partial charge in [0.15, 0.2) is 0 Å². The van der Waals surface area contributed by atoms with Crippen molar-refractivity contribution in [1.82, 2.24) is 15.1 Å². The van der Waals surface area contributed by atoms with Crippen molar-refractivity contribution in [3.63, 3.8) is 0 Å². The minimum atomic E-state index is -0.116. The molecule has 166 valence electrons. The number of ether oxygens (including phenoxy) is 1. The molecule has 2 unspecified atom stereocenters. The summed E-state index contributed by atoms with van der Waals surface area (Å²) < 4.78 is 5.87. The molecular formula is C25H25Cl2N3O2. The fourth-order valence-corrected chi connectivity index (χ4v) is 5.48. The lowest BCUT2D eigenvalue weighted by molar-refractivity contribution is -0.133. The predicted octanol–water partition coefficient (Wildman–Crippen LogP) is 5.76. The smallest absolute Gasteiger partial charge is 0.226 e. The molecule has 5 rings (SSSR count). The molecule has 2 aliphatic rings. The Kier molecular flexibility index (Phi) is 6.11. The monoisotopic (exact) mass is 469 g/mol. The summed E-state index contributed by atoms with van der Waals surface area (Å²) in [6.07, 6.45) is 6.31. The number of nitrogens with zero attached hydrogens (tertiary/aromatic N) is 2. The second kappa shape index (κ2) is 9.16. The van der Waals surface area contributed by atoms with Crippen molar-refractivity contribution < 1.29 is 9.53 Å². The molecule has 1 saturated heterocycles. The standard InChI is InChI=1S/C25H25Cl2N3O2/c26-21-12-19(32-15-16-5-2-1-3-6-16)13-22(27)20(21)11-17-9-10-30(25(17)31)23-8-4-7-18-14-28-29-24(18)23/h1-3,5-6,12-14,17,23H,4,7-11,15H2,(H,28,29). The molecule has 1 N–H and O–H groups in total. The van der Waals surface area contributed by atoms with E-state index < -0.39 is 0 Å². The lowest BCUT2D eigenvalue weighted by Gasteiger charge is -2.31. The number of benzene rings is 2. The fraction of sp³-hybridized carbons (Fsp3) is 0.360. The molecule has 32 heavy (non-hydrogen) atoms. The number of carbonyl (C=O) groups excluding carboxylic acids is 1. The fourth-order valence-electron chi connectivity index (χ4n) is 4.86. The van der Waals surface area contributed by atoms with Crippen molar-refractivity contribution in [3.05, 3.63) is 81.1 Å². The van der Waals surface area contributed by atoms with E-state index in [0.29, 0.717) is 28.8 Å². The van der Waals surface area contributed by atoms with E-state index in [1.165, 1.54) is 5.56 Å². The highest BCUT2D eigenvalue weighted by atomic mass is 35.5. The molecule has 3 aromatic rings. The first-order chi connectivity index (χ1) is 15.6. The third-order valence-corrected chi connectivity index (χ3v) is 7.22. The number of nitrogens with one attached hydrogen (secondary N) is 1. The number of halogens is 2. The lowest BCUT2D eigenvalue weighted by atomic mass is 9.92. The number of likely N-dealkylation sites (tertiary alicyclic amines) is 1. The zero-order valence-electron chi connectivity index (χ0n) is 17.7. The second-order valence-electron chi connectivity index (χ2n) is 8.58. The van der Waals surface area contributed by atoms with Crippen molar-refractivity contribution >= 4 is 29.1 Å². The van der Waals surface area contributed by atoms with Crippen LogP contribution in [-0.2, 0) is 24.2 Å². The summed E-state index contributed by atoms with van der Waals surface area (Å²) in [5.74, 6) is 0.685. The van der Waals surface area contributed by atoms with Crippen LogP contribution in [0.5, 0.6) is 5.75 Å². The number of fused-ring (bicyclic) bond motifs is 1. The van der Waals surface area contributed by atoms with Gasteiger partial charge in [-0.15, -0.1) is 0 Å². The number of hydrogen-bond donors (Lipinski definition) is 1. The Hall–Kier alpha value is -2.50. The second-order valence-corrected chi connectivity index (χ2v) is 9.39. The van der Waals surface area contributed by atoms with Gasteiger partial charge >= 0.3 is 0 Å². The van der Waals surface area contributed by atoms with Crippen LogP contribution in [0.4, 0.5) is 0 Å². The van der Waals surface area contributed by atoms with Gasteiger partial charge in [-0.3, -0.25) is 9.89 Å². The van der Waals surface area contributed by atoms with Gasteiger partial charge in [0.1, 0.15) is 12.4 Å². The Morgan fingerprint density at radius 2 is 1.91 bits per heavy atom. The summed E-state index contributed by atoms with van der Waals surface area (Å²) in [5.41, 5.74) is 4.21. The van der Waals surface area contributed by atoms with Gasteiger partial charge < -0.3 is 9.64 Å². The number of rotatable bonds is 6. The summed E-state index contributed by atoms with van der Waals surface area (Å²) in [6.45, 7) is 1.19. The third kappa shape index (κ3) is 4.24. The van der Waals surface area contributed by atoms with Gasteiger partial charge in [-0.1, -0.05) is 53.5 Å². The average Bonchev–Trinajstić information content (AvgIpc) is 3.42. The Bertz CT molecular complexity index is 1090. The molecule has 0 bridgehead atoms. The summed E-state index contributed by atoms with van der Waals surface area (Å²) in [7, 11) is 0. The highest BCUT2D eigenvalue weighted by Crippen LogP contribution is 2.39. The number of aryl methyl sites for hydroxylation is 1. The molecule has 0 radical (unpaired) electrons. The van der Waals surface area contributed by atoms with E-state index in [2.05, 4.69) is 10.2 Å². The van der Waals surface area contributed by atoms with Gasteiger partial charge in [0.25, 0.3) is 0 Å². The largest absolute Gasteiger partial charge is 0.489 e. The highest BCUT2D eigenvalue weighted by Gasteiger charge is 2.39. The molecule has 2 aromatic carbocycles. The molecule has 0 saturated carbocycles. The number of amides is 1. The molecule has 1 aliphatic heterocycles. The molecule has 1 aromatic heterocycles. The normalized spacial score (nSPS) is 20.4. The van der Waals surface area contributed by atoms with Crippen molar-refractivity contribution in [2.75, 3.05) is 6.54 Å². The van der Waals surface area contributed by atoms with Gasteiger partial charge in [-0.25, -0.2) is 0 Å². The van der Waals surface area contributed by atoms with Gasteiger partial charge in [0.2, 0.25) is 5.91 Å². The van der Waals surface area contributed by atoms with Gasteiger partial charge in [-0.05, 0) is 60.9 Å². The Morgan fingerprint density at radius 3 is 2.69 bits per heavy atom. The molecule has 0 spiro atoms. The number of aromatic amines is 1. The Labute approximate surface area is 197 Å².